The number of aromatic nitrogens is 3. The Morgan fingerprint density at radius 2 is 2.12 bits per heavy atom. The topological polar surface area (TPSA) is 62.3 Å². The van der Waals surface area contributed by atoms with Gasteiger partial charge in [0.15, 0.2) is 12.2 Å². The van der Waals surface area contributed by atoms with Crippen LogP contribution in [-0.2, 0) is 15.4 Å². The molecule has 16 heavy (non-hydrogen) atoms. The van der Waals surface area contributed by atoms with Gasteiger partial charge < -0.3 is 13.9 Å². The van der Waals surface area contributed by atoms with Crippen LogP contribution in [0.2, 0.25) is 0 Å². The van der Waals surface area contributed by atoms with Gasteiger partial charge in [0.2, 0.25) is 0 Å². The average molecular weight is 219 g/mol. The minimum Gasteiger partial charge on any atom is -0.442 e. The van der Waals surface area contributed by atoms with E-state index in [0.29, 0.717) is 11.5 Å². The van der Waals surface area contributed by atoms with Crippen molar-refractivity contribution >= 4 is 0 Å². The largest absolute Gasteiger partial charge is 0.442 e. The lowest BCUT2D eigenvalue weighted by molar-refractivity contribution is -0.201. The van der Waals surface area contributed by atoms with Crippen molar-refractivity contribution < 1.29 is 13.9 Å². The fraction of sp³-hybridized carbons (Fsp3) is 0.200. The Kier molecular flexibility index (Phi) is 1.76. The van der Waals surface area contributed by atoms with Gasteiger partial charge in [0, 0.05) is 13.1 Å². The van der Waals surface area contributed by atoms with Gasteiger partial charge >= 0.3 is 5.91 Å². The van der Waals surface area contributed by atoms with E-state index in [2.05, 4.69) is 10.1 Å². The molecule has 0 spiro atoms. The zero-order valence-corrected chi connectivity index (χ0v) is 8.53. The van der Waals surface area contributed by atoms with Crippen LogP contribution < -0.4 is 0 Å². The molecule has 0 unspecified atom stereocenters. The van der Waals surface area contributed by atoms with Crippen LogP contribution in [0.25, 0.3) is 11.5 Å². The maximum absolute atomic E-state index is 5.31. The molecule has 0 aliphatic carbocycles. The molecule has 2 aromatic rings. The number of nitrogens with zero attached hydrogens (tertiary/aromatic N) is 3. The molecule has 0 saturated heterocycles. The Labute approximate surface area is 91.1 Å². The third kappa shape index (κ3) is 1.27. The van der Waals surface area contributed by atoms with E-state index in [0.717, 1.165) is 0 Å². The van der Waals surface area contributed by atoms with Crippen molar-refractivity contribution in [3.05, 3.63) is 37.4 Å². The lowest BCUT2D eigenvalue weighted by Crippen LogP contribution is -2.31. The number of hydrogen-bond acceptors (Lipinski definition) is 5. The molecule has 6 nitrogen and oxygen atoms in total. The first-order chi connectivity index (χ1) is 7.78. The second-order valence-corrected chi connectivity index (χ2v) is 3.42. The fourth-order valence-electron chi connectivity index (χ4n) is 1.47. The molecule has 6 heteroatoms. The molecule has 82 valence electrons. The summed E-state index contributed by atoms with van der Waals surface area (Å²) in [6.45, 7) is 1.77. The quantitative estimate of drug-likeness (QED) is 0.769. The van der Waals surface area contributed by atoms with Crippen LogP contribution >= 0.6 is 0 Å². The molecule has 0 atom stereocenters. The van der Waals surface area contributed by atoms with Crippen LogP contribution in [0.4, 0.5) is 0 Å². The smallest absolute Gasteiger partial charge is 0.353 e. The van der Waals surface area contributed by atoms with E-state index in [1.165, 1.54) is 18.9 Å². The van der Waals surface area contributed by atoms with Gasteiger partial charge in [0.05, 0.1) is 6.20 Å². The minimum atomic E-state index is -0.918. The number of oxazole rings is 1. The first-order valence-electron chi connectivity index (χ1n) is 4.74. The van der Waals surface area contributed by atoms with Gasteiger partial charge in [0.1, 0.15) is 18.2 Å². The van der Waals surface area contributed by atoms with Crippen molar-refractivity contribution in [2.24, 2.45) is 0 Å². The second-order valence-electron chi connectivity index (χ2n) is 3.42. The van der Waals surface area contributed by atoms with E-state index in [-0.39, 0.29) is 0 Å². The van der Waals surface area contributed by atoms with E-state index in [1.807, 2.05) is 0 Å². The predicted octanol–water partition coefficient (Wildman–Crippen LogP) is 1.69. The molecule has 0 amide bonds. The molecular formula is C10H9N3O3. The van der Waals surface area contributed by atoms with E-state index in [4.69, 9.17) is 13.9 Å². The summed E-state index contributed by atoms with van der Waals surface area (Å²) in [5.74, 6) is -0.313. The Hall–Kier alpha value is -2.24. The van der Waals surface area contributed by atoms with Crippen LogP contribution in [-0.4, -0.2) is 14.8 Å². The molecule has 0 fully saturated rings. The zero-order valence-electron chi connectivity index (χ0n) is 8.53. The van der Waals surface area contributed by atoms with Gasteiger partial charge in [-0.1, -0.05) is 0 Å². The molecule has 3 rings (SSSR count). The highest BCUT2D eigenvalue weighted by molar-refractivity contribution is 5.49. The van der Waals surface area contributed by atoms with Crippen molar-refractivity contribution in [3.8, 4) is 11.5 Å². The van der Waals surface area contributed by atoms with Crippen molar-refractivity contribution in [2.75, 3.05) is 0 Å². The first kappa shape index (κ1) is 9.02. The monoisotopic (exact) mass is 219 g/mol. The molecule has 0 aromatic carbocycles. The van der Waals surface area contributed by atoms with Crippen molar-refractivity contribution in [2.45, 2.75) is 12.8 Å². The molecule has 0 N–H and O–H groups in total. The van der Waals surface area contributed by atoms with Gasteiger partial charge in [-0.15, -0.1) is 0 Å². The van der Waals surface area contributed by atoms with E-state index in [1.54, 1.807) is 30.1 Å². The highest BCUT2D eigenvalue weighted by Gasteiger charge is 2.33. The van der Waals surface area contributed by atoms with E-state index >= 15 is 0 Å². The third-order valence-electron chi connectivity index (χ3n) is 2.32. The summed E-state index contributed by atoms with van der Waals surface area (Å²) in [5, 5.41) is 4.30. The summed E-state index contributed by atoms with van der Waals surface area (Å²) < 4.78 is 17.3. The van der Waals surface area contributed by atoms with Crippen LogP contribution in [0.5, 0.6) is 0 Å². The van der Waals surface area contributed by atoms with Crippen LogP contribution in [0.3, 0.4) is 0 Å². The SMILES string of the molecule is CC1(n2ccc(-c3cnco3)n2)OC=CO1. The van der Waals surface area contributed by atoms with Gasteiger partial charge in [-0.25, -0.2) is 4.98 Å². The Morgan fingerprint density at radius 1 is 1.31 bits per heavy atom. The van der Waals surface area contributed by atoms with E-state index < -0.39 is 5.91 Å². The molecule has 0 bridgehead atoms. The van der Waals surface area contributed by atoms with Gasteiger partial charge in [-0.3, -0.25) is 0 Å². The fourth-order valence-corrected chi connectivity index (χ4v) is 1.47. The molecule has 1 aliphatic heterocycles. The molecule has 3 heterocycles. The standard InChI is InChI=1S/C10H9N3O3/c1-10(15-4-5-16-10)13-3-2-8(12-13)9-6-11-7-14-9/h2-7H,1H3. The normalized spacial score (nSPS) is 17.1. The van der Waals surface area contributed by atoms with Crippen LogP contribution in [0, 0.1) is 0 Å². The highest BCUT2D eigenvalue weighted by Crippen LogP contribution is 2.26. The average Bonchev–Trinajstić information content (AvgIpc) is 2.98. The zero-order chi connectivity index (χ0) is 11.0. The summed E-state index contributed by atoms with van der Waals surface area (Å²) in [5.41, 5.74) is 0.679. The number of rotatable bonds is 2. The lowest BCUT2D eigenvalue weighted by Gasteiger charge is -2.22. The molecule has 0 radical (unpaired) electrons. The summed E-state index contributed by atoms with van der Waals surface area (Å²) in [6.07, 6.45) is 7.68. The maximum Gasteiger partial charge on any atom is 0.353 e. The molecule has 1 aliphatic rings. The first-order valence-corrected chi connectivity index (χ1v) is 4.74. The van der Waals surface area contributed by atoms with Crippen molar-refractivity contribution in [3.63, 3.8) is 0 Å². The van der Waals surface area contributed by atoms with Crippen molar-refractivity contribution in [1.29, 1.82) is 0 Å². The summed E-state index contributed by atoms with van der Waals surface area (Å²) >= 11 is 0. The highest BCUT2D eigenvalue weighted by atomic mass is 16.7. The Balaban J connectivity index is 1.94. The van der Waals surface area contributed by atoms with Gasteiger partial charge in [0.25, 0.3) is 0 Å². The number of hydrogen-bond donors (Lipinski definition) is 0. The molecule has 2 aromatic heterocycles. The third-order valence-corrected chi connectivity index (χ3v) is 2.32. The van der Waals surface area contributed by atoms with Crippen molar-refractivity contribution in [1.82, 2.24) is 14.8 Å². The van der Waals surface area contributed by atoms with Gasteiger partial charge in [-0.05, 0) is 6.07 Å². The Morgan fingerprint density at radius 3 is 2.81 bits per heavy atom. The van der Waals surface area contributed by atoms with E-state index in [9.17, 15) is 0 Å². The summed E-state index contributed by atoms with van der Waals surface area (Å²) in [7, 11) is 0. The van der Waals surface area contributed by atoms with Crippen LogP contribution in [0.1, 0.15) is 6.92 Å². The predicted molar refractivity (Wildman–Crippen MR) is 52.7 cm³/mol. The van der Waals surface area contributed by atoms with Gasteiger partial charge in [-0.2, -0.15) is 9.78 Å². The lowest BCUT2D eigenvalue weighted by atomic mass is 10.4. The minimum absolute atomic E-state index is 0.605. The summed E-state index contributed by atoms with van der Waals surface area (Å²) in [4.78, 5) is 3.83. The molecular weight excluding hydrogens is 210 g/mol. The van der Waals surface area contributed by atoms with Crippen LogP contribution in [0.15, 0.2) is 41.8 Å². The maximum atomic E-state index is 5.31. The number of ether oxygens (including phenoxy) is 2. The molecule has 0 saturated carbocycles. The Bertz CT molecular complexity index is 507. The second kappa shape index (κ2) is 3.13. The summed E-state index contributed by atoms with van der Waals surface area (Å²) in [6, 6.07) is 1.80.